The van der Waals surface area contributed by atoms with E-state index >= 15 is 0 Å². The molecule has 13 heavy (non-hydrogen) atoms. The summed E-state index contributed by atoms with van der Waals surface area (Å²) in [6.45, 7) is 0.533. The molecule has 0 radical (unpaired) electrons. The van der Waals surface area contributed by atoms with Crippen LogP contribution < -0.4 is 10.5 Å². The number of nitrogens with two attached hydrogens (primary N) is 1. The Labute approximate surface area is 80.2 Å². The minimum atomic E-state index is -3.34. The molecular formula is C5H10N4O2S2. The Hall–Kier alpha value is -0.730. The van der Waals surface area contributed by atoms with Crippen LogP contribution in [0.25, 0.3) is 0 Å². The fraction of sp³-hybridized carbons (Fsp3) is 0.600. The Balaban J connectivity index is 2.16. The molecule has 0 aliphatic rings. The van der Waals surface area contributed by atoms with E-state index in [1.165, 1.54) is 11.3 Å². The summed E-state index contributed by atoms with van der Waals surface area (Å²) in [5.41, 5.74) is 1.60. The maximum absolute atomic E-state index is 10.5. The third-order valence-corrected chi connectivity index (χ3v) is 2.75. The van der Waals surface area contributed by atoms with Crippen molar-refractivity contribution < 1.29 is 8.42 Å². The summed E-state index contributed by atoms with van der Waals surface area (Å²) in [6.07, 6.45) is 0.471. The van der Waals surface area contributed by atoms with Crippen molar-refractivity contribution in [3.8, 4) is 0 Å². The standard InChI is InChI=1S/C5H10N4O2S2/c6-13(10,11)3-1-2-7-5-9-8-4-12-5/h4H,1-3H2,(H,7,9)(H2,6,10,11). The third-order valence-electron chi connectivity index (χ3n) is 1.24. The molecule has 6 nitrogen and oxygen atoms in total. The van der Waals surface area contributed by atoms with Gasteiger partial charge in [0.2, 0.25) is 15.2 Å². The predicted molar refractivity (Wildman–Crippen MR) is 51.0 cm³/mol. The Morgan fingerprint density at radius 1 is 1.62 bits per heavy atom. The van der Waals surface area contributed by atoms with Crippen molar-refractivity contribution in [1.82, 2.24) is 10.2 Å². The zero-order chi connectivity index (χ0) is 9.73. The Morgan fingerprint density at radius 2 is 2.38 bits per heavy atom. The lowest BCUT2D eigenvalue weighted by Gasteiger charge is -1.99. The summed E-state index contributed by atoms with van der Waals surface area (Å²) in [4.78, 5) is 0. The Kier molecular flexibility index (Phi) is 3.58. The molecule has 1 heterocycles. The van der Waals surface area contributed by atoms with E-state index in [-0.39, 0.29) is 5.75 Å². The molecule has 0 spiro atoms. The van der Waals surface area contributed by atoms with Crippen molar-refractivity contribution in [3.05, 3.63) is 5.51 Å². The van der Waals surface area contributed by atoms with Crippen LogP contribution in [0, 0.1) is 0 Å². The number of rotatable bonds is 5. The Morgan fingerprint density at radius 3 is 2.92 bits per heavy atom. The van der Waals surface area contributed by atoms with E-state index in [2.05, 4.69) is 15.5 Å². The average molecular weight is 222 g/mol. The number of sulfonamides is 1. The molecule has 0 amide bonds. The van der Waals surface area contributed by atoms with Crippen LogP contribution >= 0.6 is 11.3 Å². The molecule has 0 unspecified atom stereocenters. The van der Waals surface area contributed by atoms with E-state index in [0.29, 0.717) is 18.1 Å². The van der Waals surface area contributed by atoms with Gasteiger partial charge in [0.15, 0.2) is 0 Å². The molecule has 74 valence electrons. The first kappa shape index (κ1) is 10.4. The summed E-state index contributed by atoms with van der Waals surface area (Å²) in [5.74, 6) is -0.0151. The number of primary sulfonamides is 1. The summed E-state index contributed by atoms with van der Waals surface area (Å²) in [6, 6.07) is 0. The quantitative estimate of drug-likeness (QED) is 0.662. The van der Waals surface area contributed by atoms with Crippen LogP contribution in [-0.4, -0.2) is 30.9 Å². The molecule has 0 fully saturated rings. The van der Waals surface area contributed by atoms with E-state index in [9.17, 15) is 8.42 Å². The smallest absolute Gasteiger partial charge is 0.209 e. The summed E-state index contributed by atoms with van der Waals surface area (Å²) >= 11 is 1.37. The number of aromatic nitrogens is 2. The highest BCUT2D eigenvalue weighted by Crippen LogP contribution is 2.07. The Bertz CT molecular complexity index is 333. The molecule has 0 aliphatic heterocycles. The molecule has 0 saturated heterocycles. The van der Waals surface area contributed by atoms with Gasteiger partial charge < -0.3 is 5.32 Å². The van der Waals surface area contributed by atoms with Gasteiger partial charge in [-0.2, -0.15) is 0 Å². The van der Waals surface area contributed by atoms with Gasteiger partial charge in [0.05, 0.1) is 5.75 Å². The monoisotopic (exact) mass is 222 g/mol. The first-order valence-corrected chi connectivity index (χ1v) is 6.18. The molecule has 1 aromatic heterocycles. The summed E-state index contributed by atoms with van der Waals surface area (Å²) in [5, 5.41) is 15.8. The fourth-order valence-electron chi connectivity index (χ4n) is 0.719. The van der Waals surface area contributed by atoms with Crippen LogP contribution in [0.5, 0.6) is 0 Å². The second-order valence-electron chi connectivity index (χ2n) is 2.39. The van der Waals surface area contributed by atoms with Crippen LogP contribution in [-0.2, 0) is 10.0 Å². The molecule has 0 saturated carbocycles. The van der Waals surface area contributed by atoms with Gasteiger partial charge >= 0.3 is 0 Å². The van der Waals surface area contributed by atoms with Crippen molar-refractivity contribution in [1.29, 1.82) is 0 Å². The zero-order valence-electron chi connectivity index (χ0n) is 6.80. The first-order chi connectivity index (χ1) is 6.08. The minimum Gasteiger partial charge on any atom is -0.360 e. The van der Waals surface area contributed by atoms with E-state index in [1.54, 1.807) is 5.51 Å². The van der Waals surface area contributed by atoms with E-state index in [1.807, 2.05) is 0 Å². The molecule has 3 N–H and O–H groups in total. The summed E-state index contributed by atoms with van der Waals surface area (Å²) < 4.78 is 21.0. The topological polar surface area (TPSA) is 98.0 Å². The van der Waals surface area contributed by atoms with Crippen LogP contribution in [0.1, 0.15) is 6.42 Å². The lowest BCUT2D eigenvalue weighted by atomic mass is 10.5. The second-order valence-corrected chi connectivity index (χ2v) is 4.96. The molecule has 0 atom stereocenters. The second kappa shape index (κ2) is 4.49. The van der Waals surface area contributed by atoms with Crippen molar-refractivity contribution >= 4 is 26.5 Å². The van der Waals surface area contributed by atoms with Crippen LogP contribution in [0.4, 0.5) is 5.13 Å². The van der Waals surface area contributed by atoms with Gasteiger partial charge in [0.25, 0.3) is 0 Å². The molecular weight excluding hydrogens is 212 g/mol. The van der Waals surface area contributed by atoms with Crippen LogP contribution in [0.2, 0.25) is 0 Å². The van der Waals surface area contributed by atoms with Gasteiger partial charge in [-0.1, -0.05) is 11.3 Å². The van der Waals surface area contributed by atoms with Gasteiger partial charge in [-0.05, 0) is 6.42 Å². The van der Waals surface area contributed by atoms with Crippen molar-refractivity contribution in [3.63, 3.8) is 0 Å². The lowest BCUT2D eigenvalue weighted by Crippen LogP contribution is -2.18. The van der Waals surface area contributed by atoms with Crippen molar-refractivity contribution in [2.45, 2.75) is 6.42 Å². The minimum absolute atomic E-state index is 0.0151. The van der Waals surface area contributed by atoms with Crippen molar-refractivity contribution in [2.24, 2.45) is 5.14 Å². The normalized spacial score (nSPS) is 11.5. The maximum atomic E-state index is 10.5. The number of nitrogens with zero attached hydrogens (tertiary/aromatic N) is 2. The molecule has 0 aromatic carbocycles. The van der Waals surface area contributed by atoms with E-state index in [4.69, 9.17) is 5.14 Å². The number of anilines is 1. The van der Waals surface area contributed by atoms with Crippen molar-refractivity contribution in [2.75, 3.05) is 17.6 Å². The maximum Gasteiger partial charge on any atom is 0.209 e. The number of hydrogen-bond donors (Lipinski definition) is 2. The SMILES string of the molecule is NS(=O)(=O)CCCNc1nncs1. The lowest BCUT2D eigenvalue weighted by molar-refractivity contribution is 0.596. The van der Waals surface area contributed by atoms with Gasteiger partial charge in [0.1, 0.15) is 5.51 Å². The van der Waals surface area contributed by atoms with E-state index in [0.717, 1.165) is 0 Å². The van der Waals surface area contributed by atoms with E-state index < -0.39 is 10.0 Å². The van der Waals surface area contributed by atoms with Crippen LogP contribution in [0.3, 0.4) is 0 Å². The largest absolute Gasteiger partial charge is 0.360 e. The molecule has 0 aliphatic carbocycles. The van der Waals surface area contributed by atoms with Gasteiger partial charge in [-0.15, -0.1) is 10.2 Å². The first-order valence-electron chi connectivity index (χ1n) is 3.58. The summed E-state index contributed by atoms with van der Waals surface area (Å²) in [7, 11) is -3.34. The highest BCUT2D eigenvalue weighted by Gasteiger charge is 2.01. The molecule has 1 aromatic rings. The van der Waals surface area contributed by atoms with Gasteiger partial charge in [-0.25, -0.2) is 13.6 Å². The zero-order valence-corrected chi connectivity index (χ0v) is 8.44. The average Bonchev–Trinajstić information content (AvgIpc) is 2.48. The fourth-order valence-corrected chi connectivity index (χ4v) is 1.74. The number of nitrogens with one attached hydrogen (secondary N) is 1. The molecule has 0 bridgehead atoms. The highest BCUT2D eigenvalue weighted by atomic mass is 32.2. The predicted octanol–water partition coefficient (Wildman–Crippen LogP) is -0.371. The van der Waals surface area contributed by atoms with Crippen LogP contribution in [0.15, 0.2) is 5.51 Å². The van der Waals surface area contributed by atoms with Gasteiger partial charge in [-0.3, -0.25) is 0 Å². The van der Waals surface area contributed by atoms with Gasteiger partial charge in [0, 0.05) is 6.54 Å². The highest BCUT2D eigenvalue weighted by molar-refractivity contribution is 7.89. The third kappa shape index (κ3) is 4.76. The number of hydrogen-bond acceptors (Lipinski definition) is 6. The molecule has 8 heteroatoms. The molecule has 1 rings (SSSR count).